The van der Waals surface area contributed by atoms with Gasteiger partial charge in [0.15, 0.2) is 0 Å². The lowest BCUT2D eigenvalue weighted by molar-refractivity contribution is -0.248. The van der Waals surface area contributed by atoms with Crippen LogP contribution in [0, 0.1) is 0 Å². The van der Waals surface area contributed by atoms with Gasteiger partial charge in [0.25, 0.3) is 0 Å². The second-order valence-electron chi connectivity index (χ2n) is 4.17. The summed E-state index contributed by atoms with van der Waals surface area (Å²) in [6, 6.07) is 10.5. The van der Waals surface area contributed by atoms with Gasteiger partial charge in [-0.2, -0.15) is 13.2 Å². The van der Waals surface area contributed by atoms with Crippen molar-refractivity contribution in [2.45, 2.75) is 11.8 Å². The van der Waals surface area contributed by atoms with E-state index in [1.807, 2.05) is 0 Å². The molecule has 0 aliphatic rings. The highest BCUT2D eigenvalue weighted by molar-refractivity contribution is 6.32. The van der Waals surface area contributed by atoms with Crippen LogP contribution in [0.1, 0.15) is 11.1 Å². The first-order valence-electron chi connectivity index (χ1n) is 5.57. The van der Waals surface area contributed by atoms with Crippen molar-refractivity contribution in [1.82, 2.24) is 0 Å². The molecule has 0 saturated carbocycles. The largest absolute Gasteiger partial charge is 0.425 e. The van der Waals surface area contributed by atoms with Crippen LogP contribution in [0.2, 0.25) is 10.0 Å². The zero-order valence-corrected chi connectivity index (χ0v) is 11.5. The van der Waals surface area contributed by atoms with E-state index in [2.05, 4.69) is 0 Å². The minimum Gasteiger partial charge on any atom is -0.372 e. The molecule has 2 aromatic rings. The summed E-state index contributed by atoms with van der Waals surface area (Å²) in [5.74, 6) is 0. The molecular weight excluding hydrogens is 312 g/mol. The van der Waals surface area contributed by atoms with Gasteiger partial charge in [-0.1, -0.05) is 59.6 Å². The van der Waals surface area contributed by atoms with Crippen LogP contribution >= 0.6 is 23.2 Å². The number of alkyl halides is 3. The summed E-state index contributed by atoms with van der Waals surface area (Å²) in [6.45, 7) is 0. The van der Waals surface area contributed by atoms with Crippen molar-refractivity contribution < 1.29 is 18.3 Å². The Hall–Kier alpha value is -1.23. The highest BCUT2D eigenvalue weighted by Gasteiger charge is 2.57. The lowest BCUT2D eigenvalue weighted by Gasteiger charge is -2.32. The first-order valence-corrected chi connectivity index (χ1v) is 6.33. The number of benzene rings is 2. The molecule has 0 bridgehead atoms. The fourth-order valence-corrected chi connectivity index (χ4v) is 2.50. The second-order valence-corrected chi connectivity index (χ2v) is 4.98. The minimum atomic E-state index is -4.97. The third-order valence-electron chi connectivity index (χ3n) is 2.94. The lowest BCUT2D eigenvalue weighted by Crippen LogP contribution is -2.43. The van der Waals surface area contributed by atoms with Crippen molar-refractivity contribution in [3.8, 4) is 0 Å². The van der Waals surface area contributed by atoms with Crippen LogP contribution in [0.3, 0.4) is 0 Å². The molecule has 1 N–H and O–H groups in total. The van der Waals surface area contributed by atoms with E-state index < -0.39 is 22.9 Å². The summed E-state index contributed by atoms with van der Waals surface area (Å²) < 4.78 is 40.4. The fraction of sp³-hybridized carbons (Fsp3) is 0.143. The number of halogens is 5. The molecule has 0 heterocycles. The van der Waals surface area contributed by atoms with E-state index in [4.69, 9.17) is 23.2 Å². The Labute approximate surface area is 123 Å². The topological polar surface area (TPSA) is 20.2 Å². The van der Waals surface area contributed by atoms with E-state index in [0.717, 1.165) is 12.1 Å². The first-order chi connectivity index (χ1) is 9.28. The van der Waals surface area contributed by atoms with Gasteiger partial charge >= 0.3 is 6.18 Å². The summed E-state index contributed by atoms with van der Waals surface area (Å²) in [5.41, 5.74) is -4.17. The summed E-state index contributed by atoms with van der Waals surface area (Å²) in [6.07, 6.45) is -4.97. The molecule has 0 unspecified atom stereocenters. The number of aliphatic hydroxyl groups is 1. The molecule has 0 aromatic heterocycles. The first kappa shape index (κ1) is 15.2. The van der Waals surface area contributed by atoms with E-state index >= 15 is 0 Å². The molecule has 0 saturated heterocycles. The monoisotopic (exact) mass is 320 g/mol. The molecule has 2 aromatic carbocycles. The van der Waals surface area contributed by atoms with Gasteiger partial charge in [-0.3, -0.25) is 0 Å². The molecule has 0 atom stereocenters. The summed E-state index contributed by atoms with van der Waals surface area (Å²) >= 11 is 11.6. The lowest BCUT2D eigenvalue weighted by atomic mass is 9.85. The molecule has 6 heteroatoms. The highest BCUT2D eigenvalue weighted by Crippen LogP contribution is 2.48. The Morgan fingerprint density at radius 3 is 1.40 bits per heavy atom. The molecule has 0 aliphatic carbocycles. The van der Waals surface area contributed by atoms with Crippen LogP contribution in [0.25, 0.3) is 0 Å². The van der Waals surface area contributed by atoms with Gasteiger partial charge in [-0.25, -0.2) is 0 Å². The Kier molecular flexibility index (Phi) is 4.00. The van der Waals surface area contributed by atoms with Gasteiger partial charge in [0.2, 0.25) is 5.60 Å². The van der Waals surface area contributed by atoms with E-state index in [0.29, 0.717) is 0 Å². The van der Waals surface area contributed by atoms with E-state index in [9.17, 15) is 18.3 Å². The average Bonchev–Trinajstić information content (AvgIpc) is 2.37. The standard InChI is InChI=1S/C14H9Cl2F3O/c15-11-7-3-1-5-9(11)13(20,14(17,18)19)10-6-2-4-8-12(10)16/h1-8,20H. The Balaban J connectivity index is 2.78. The Morgan fingerprint density at radius 2 is 1.10 bits per heavy atom. The molecule has 106 valence electrons. The van der Waals surface area contributed by atoms with Gasteiger partial charge < -0.3 is 5.11 Å². The maximum atomic E-state index is 13.5. The van der Waals surface area contributed by atoms with Gasteiger partial charge in [0.05, 0.1) is 0 Å². The molecular formula is C14H9Cl2F3O. The van der Waals surface area contributed by atoms with E-state index in [1.165, 1.54) is 36.4 Å². The summed E-state index contributed by atoms with van der Waals surface area (Å²) in [7, 11) is 0. The second kappa shape index (κ2) is 5.28. The van der Waals surface area contributed by atoms with Crippen LogP contribution in [0.5, 0.6) is 0 Å². The molecule has 0 aliphatic heterocycles. The summed E-state index contributed by atoms with van der Waals surface area (Å²) in [4.78, 5) is 0. The van der Waals surface area contributed by atoms with Crippen molar-refractivity contribution >= 4 is 23.2 Å². The minimum absolute atomic E-state index is 0.188. The van der Waals surface area contributed by atoms with Crippen molar-refractivity contribution in [2.24, 2.45) is 0 Å². The molecule has 0 radical (unpaired) electrons. The zero-order chi connectivity index (χ0) is 15.0. The zero-order valence-electron chi connectivity index (χ0n) is 9.96. The van der Waals surface area contributed by atoms with Crippen molar-refractivity contribution in [1.29, 1.82) is 0 Å². The number of hydrogen-bond acceptors (Lipinski definition) is 1. The number of rotatable bonds is 2. The molecule has 0 fully saturated rings. The van der Waals surface area contributed by atoms with Crippen LogP contribution in [-0.2, 0) is 5.60 Å². The smallest absolute Gasteiger partial charge is 0.372 e. The molecule has 0 amide bonds. The molecule has 1 nitrogen and oxygen atoms in total. The van der Waals surface area contributed by atoms with E-state index in [-0.39, 0.29) is 10.0 Å². The fourth-order valence-electron chi connectivity index (χ4n) is 1.96. The molecule has 20 heavy (non-hydrogen) atoms. The van der Waals surface area contributed by atoms with Crippen molar-refractivity contribution in [2.75, 3.05) is 0 Å². The third kappa shape index (κ3) is 2.39. The number of hydrogen-bond donors (Lipinski definition) is 1. The third-order valence-corrected chi connectivity index (χ3v) is 3.60. The van der Waals surface area contributed by atoms with Gasteiger partial charge in [-0.05, 0) is 12.1 Å². The van der Waals surface area contributed by atoms with Crippen molar-refractivity contribution in [3.63, 3.8) is 0 Å². The Bertz CT molecular complexity index is 580. The highest BCUT2D eigenvalue weighted by atomic mass is 35.5. The SMILES string of the molecule is OC(c1ccccc1Cl)(c1ccccc1Cl)C(F)(F)F. The predicted molar refractivity (Wildman–Crippen MR) is 72.0 cm³/mol. The summed E-state index contributed by atoms with van der Waals surface area (Å²) in [5, 5.41) is 9.98. The Morgan fingerprint density at radius 1 is 0.750 bits per heavy atom. The van der Waals surface area contributed by atoms with Gasteiger partial charge in [0.1, 0.15) is 0 Å². The quantitative estimate of drug-likeness (QED) is 0.843. The normalized spacial score (nSPS) is 12.5. The maximum Gasteiger partial charge on any atom is 0.425 e. The van der Waals surface area contributed by atoms with E-state index in [1.54, 1.807) is 0 Å². The maximum absolute atomic E-state index is 13.5. The van der Waals surface area contributed by atoms with Crippen LogP contribution in [0.4, 0.5) is 13.2 Å². The van der Waals surface area contributed by atoms with Crippen LogP contribution in [-0.4, -0.2) is 11.3 Å². The molecule has 2 rings (SSSR count). The van der Waals surface area contributed by atoms with Crippen LogP contribution < -0.4 is 0 Å². The predicted octanol–water partition coefficient (Wildman–Crippen LogP) is 4.79. The van der Waals surface area contributed by atoms with Crippen molar-refractivity contribution in [3.05, 3.63) is 69.7 Å². The van der Waals surface area contributed by atoms with Gasteiger partial charge in [0, 0.05) is 21.2 Å². The van der Waals surface area contributed by atoms with Gasteiger partial charge in [-0.15, -0.1) is 0 Å². The van der Waals surface area contributed by atoms with Crippen LogP contribution in [0.15, 0.2) is 48.5 Å². The average molecular weight is 321 g/mol. The molecule has 0 spiro atoms.